The van der Waals surface area contributed by atoms with Gasteiger partial charge in [-0.2, -0.15) is 0 Å². The van der Waals surface area contributed by atoms with Gasteiger partial charge in [0.25, 0.3) is 5.69 Å². The molecule has 0 saturated carbocycles. The SMILES string of the molecule is COC(=O)[C@@H](c1ccc([N+](=O)[O-])cc1)c1ccc(Cl)c(Cl)c1. The second kappa shape index (κ2) is 6.77. The molecule has 2 rings (SSSR count). The summed E-state index contributed by atoms with van der Waals surface area (Å²) < 4.78 is 4.82. The summed E-state index contributed by atoms with van der Waals surface area (Å²) in [4.78, 5) is 22.3. The molecule has 0 aromatic heterocycles. The van der Waals surface area contributed by atoms with E-state index in [-0.39, 0.29) is 5.69 Å². The van der Waals surface area contributed by atoms with E-state index in [1.807, 2.05) is 0 Å². The molecule has 22 heavy (non-hydrogen) atoms. The van der Waals surface area contributed by atoms with Crippen molar-refractivity contribution in [3.63, 3.8) is 0 Å². The molecule has 0 saturated heterocycles. The van der Waals surface area contributed by atoms with Crippen LogP contribution in [0.4, 0.5) is 5.69 Å². The molecule has 0 heterocycles. The average molecular weight is 340 g/mol. The van der Waals surface area contributed by atoms with Gasteiger partial charge >= 0.3 is 5.97 Å². The first-order valence-electron chi connectivity index (χ1n) is 6.21. The lowest BCUT2D eigenvalue weighted by Gasteiger charge is -2.16. The fourth-order valence-corrected chi connectivity index (χ4v) is 2.37. The molecule has 0 aliphatic carbocycles. The van der Waals surface area contributed by atoms with Crippen molar-refractivity contribution in [1.29, 1.82) is 0 Å². The van der Waals surface area contributed by atoms with Gasteiger partial charge in [-0.25, -0.2) is 0 Å². The lowest BCUT2D eigenvalue weighted by Crippen LogP contribution is -2.15. The molecule has 1 atom stereocenters. The van der Waals surface area contributed by atoms with Crippen molar-refractivity contribution in [2.24, 2.45) is 0 Å². The minimum atomic E-state index is -0.736. The summed E-state index contributed by atoms with van der Waals surface area (Å²) in [5.41, 5.74) is 1.10. The highest BCUT2D eigenvalue weighted by Crippen LogP contribution is 2.32. The third kappa shape index (κ3) is 3.37. The normalized spacial score (nSPS) is 11.8. The molecular formula is C15H11Cl2NO4. The van der Waals surface area contributed by atoms with Crippen LogP contribution in [0.15, 0.2) is 42.5 Å². The number of hydrogen-bond acceptors (Lipinski definition) is 4. The molecule has 0 unspecified atom stereocenters. The lowest BCUT2D eigenvalue weighted by molar-refractivity contribution is -0.384. The molecule has 2 aromatic carbocycles. The van der Waals surface area contributed by atoms with Crippen LogP contribution in [-0.4, -0.2) is 18.0 Å². The number of nitro groups is 1. The molecule has 0 fully saturated rings. The summed E-state index contributed by atoms with van der Waals surface area (Å²) in [5, 5.41) is 11.4. The number of hydrogen-bond donors (Lipinski definition) is 0. The van der Waals surface area contributed by atoms with Crippen LogP contribution in [0.2, 0.25) is 10.0 Å². The zero-order chi connectivity index (χ0) is 16.3. The minimum Gasteiger partial charge on any atom is -0.468 e. The first-order chi connectivity index (χ1) is 10.4. The number of esters is 1. The number of halogens is 2. The van der Waals surface area contributed by atoms with Crippen LogP contribution in [0, 0.1) is 10.1 Å². The van der Waals surface area contributed by atoms with Gasteiger partial charge in [0.2, 0.25) is 0 Å². The summed E-state index contributed by atoms with van der Waals surface area (Å²) in [6, 6.07) is 10.5. The third-order valence-electron chi connectivity index (χ3n) is 3.15. The van der Waals surface area contributed by atoms with Crippen molar-refractivity contribution in [1.82, 2.24) is 0 Å². The van der Waals surface area contributed by atoms with Crippen LogP contribution >= 0.6 is 23.2 Å². The highest BCUT2D eigenvalue weighted by molar-refractivity contribution is 6.42. The lowest BCUT2D eigenvalue weighted by atomic mass is 9.91. The van der Waals surface area contributed by atoms with Crippen LogP contribution in [0.1, 0.15) is 17.0 Å². The first kappa shape index (κ1) is 16.3. The van der Waals surface area contributed by atoms with E-state index in [0.29, 0.717) is 21.2 Å². The van der Waals surface area contributed by atoms with Crippen LogP contribution in [0.5, 0.6) is 0 Å². The second-order valence-electron chi connectivity index (χ2n) is 4.48. The maximum Gasteiger partial charge on any atom is 0.317 e. The predicted molar refractivity (Wildman–Crippen MR) is 83.4 cm³/mol. The van der Waals surface area contributed by atoms with Gasteiger partial charge < -0.3 is 4.74 Å². The number of nitrogens with zero attached hydrogens (tertiary/aromatic N) is 1. The average Bonchev–Trinajstić information content (AvgIpc) is 2.51. The standard InChI is InChI=1S/C15H11Cl2NO4/c1-22-15(19)14(10-4-7-12(16)13(17)8-10)9-2-5-11(6-3-9)18(20)21/h2-8,14H,1H3/t14-/m0/s1. The molecule has 0 N–H and O–H groups in total. The van der Waals surface area contributed by atoms with Gasteiger partial charge in [-0.15, -0.1) is 0 Å². The topological polar surface area (TPSA) is 69.4 Å². The molecular weight excluding hydrogens is 329 g/mol. The largest absolute Gasteiger partial charge is 0.468 e. The molecule has 0 spiro atoms. The van der Waals surface area contributed by atoms with Gasteiger partial charge in [-0.3, -0.25) is 14.9 Å². The van der Waals surface area contributed by atoms with Crippen LogP contribution in [0.25, 0.3) is 0 Å². The van der Waals surface area contributed by atoms with E-state index < -0.39 is 16.8 Å². The van der Waals surface area contributed by atoms with Crippen molar-refractivity contribution < 1.29 is 14.5 Å². The molecule has 0 aliphatic heterocycles. The van der Waals surface area contributed by atoms with Gasteiger partial charge in [0.1, 0.15) is 5.92 Å². The number of carbonyl (C=O) groups is 1. The maximum atomic E-state index is 12.1. The maximum absolute atomic E-state index is 12.1. The number of non-ortho nitro benzene ring substituents is 1. The molecule has 0 amide bonds. The molecule has 2 aromatic rings. The number of methoxy groups -OCH3 is 1. The van der Waals surface area contributed by atoms with Gasteiger partial charge in [0.15, 0.2) is 0 Å². The van der Waals surface area contributed by atoms with Crippen molar-refractivity contribution in [2.45, 2.75) is 5.92 Å². The van der Waals surface area contributed by atoms with Crippen LogP contribution in [-0.2, 0) is 9.53 Å². The Hall–Kier alpha value is -2.11. The smallest absolute Gasteiger partial charge is 0.317 e. The summed E-state index contributed by atoms with van der Waals surface area (Å²) in [5.74, 6) is -1.23. The summed E-state index contributed by atoms with van der Waals surface area (Å²) in [6.45, 7) is 0. The Morgan fingerprint density at radius 3 is 2.18 bits per heavy atom. The van der Waals surface area contributed by atoms with Crippen molar-refractivity contribution in [3.8, 4) is 0 Å². The van der Waals surface area contributed by atoms with Gasteiger partial charge in [-0.05, 0) is 23.3 Å². The van der Waals surface area contributed by atoms with E-state index in [9.17, 15) is 14.9 Å². The number of ether oxygens (including phenoxy) is 1. The summed E-state index contributed by atoms with van der Waals surface area (Å²) in [6.07, 6.45) is 0. The second-order valence-corrected chi connectivity index (χ2v) is 5.29. The molecule has 114 valence electrons. The van der Waals surface area contributed by atoms with E-state index in [4.69, 9.17) is 27.9 Å². The quantitative estimate of drug-likeness (QED) is 0.475. The number of benzene rings is 2. The zero-order valence-corrected chi connectivity index (χ0v) is 13.0. The molecule has 0 aliphatic rings. The first-order valence-corrected chi connectivity index (χ1v) is 6.96. The molecule has 0 bridgehead atoms. The fraction of sp³-hybridized carbons (Fsp3) is 0.133. The van der Waals surface area contributed by atoms with Crippen molar-refractivity contribution in [2.75, 3.05) is 7.11 Å². The van der Waals surface area contributed by atoms with Crippen molar-refractivity contribution in [3.05, 3.63) is 73.8 Å². The van der Waals surface area contributed by atoms with Crippen molar-refractivity contribution >= 4 is 34.9 Å². The highest BCUT2D eigenvalue weighted by atomic mass is 35.5. The highest BCUT2D eigenvalue weighted by Gasteiger charge is 2.25. The molecule has 7 heteroatoms. The Bertz CT molecular complexity index is 716. The monoisotopic (exact) mass is 339 g/mol. The van der Waals surface area contributed by atoms with Gasteiger partial charge in [-0.1, -0.05) is 41.4 Å². The van der Waals surface area contributed by atoms with Gasteiger partial charge in [0.05, 0.1) is 22.1 Å². The van der Waals surface area contributed by atoms with E-state index in [2.05, 4.69) is 0 Å². The van der Waals surface area contributed by atoms with Gasteiger partial charge in [0, 0.05) is 12.1 Å². The number of nitro benzene ring substituents is 1. The Labute approximate surface area is 136 Å². The van der Waals surface area contributed by atoms with E-state index in [1.165, 1.54) is 31.4 Å². The fourth-order valence-electron chi connectivity index (χ4n) is 2.06. The number of rotatable bonds is 4. The van der Waals surface area contributed by atoms with E-state index in [1.54, 1.807) is 18.2 Å². The van der Waals surface area contributed by atoms with Crippen LogP contribution in [0.3, 0.4) is 0 Å². The summed E-state index contributed by atoms with van der Waals surface area (Å²) >= 11 is 11.9. The number of carbonyl (C=O) groups excluding carboxylic acids is 1. The van der Waals surface area contributed by atoms with E-state index >= 15 is 0 Å². The minimum absolute atomic E-state index is 0.0542. The Balaban J connectivity index is 2.48. The van der Waals surface area contributed by atoms with E-state index in [0.717, 1.165) is 0 Å². The predicted octanol–water partition coefficient (Wildman–Crippen LogP) is 4.21. The summed E-state index contributed by atoms with van der Waals surface area (Å²) in [7, 11) is 1.28. The third-order valence-corrected chi connectivity index (χ3v) is 3.89. The zero-order valence-electron chi connectivity index (χ0n) is 11.5. The molecule has 5 nitrogen and oxygen atoms in total. The van der Waals surface area contributed by atoms with Crippen LogP contribution < -0.4 is 0 Å². The Kier molecular flexibility index (Phi) is 5.00. The Morgan fingerprint density at radius 2 is 1.68 bits per heavy atom. The molecule has 0 radical (unpaired) electrons. The Morgan fingerprint density at radius 1 is 1.09 bits per heavy atom.